The molecule has 0 saturated heterocycles. The second-order valence-corrected chi connectivity index (χ2v) is 6.40. The summed E-state index contributed by atoms with van der Waals surface area (Å²) in [6, 6.07) is 21.6. The molecule has 0 unspecified atom stereocenters. The summed E-state index contributed by atoms with van der Waals surface area (Å²) >= 11 is 0. The highest BCUT2D eigenvalue weighted by molar-refractivity contribution is 5.91. The lowest BCUT2D eigenvalue weighted by atomic mass is 10.1. The molecule has 6 nitrogen and oxygen atoms in total. The number of hydrogen-bond donors (Lipinski definition) is 0. The fourth-order valence-electron chi connectivity index (χ4n) is 2.76. The van der Waals surface area contributed by atoms with E-state index in [4.69, 9.17) is 13.9 Å². The zero-order chi connectivity index (χ0) is 20.2. The predicted octanol–water partition coefficient (Wildman–Crippen LogP) is 4.94. The highest BCUT2D eigenvalue weighted by atomic mass is 16.6. The van der Waals surface area contributed by atoms with Gasteiger partial charge in [0.1, 0.15) is 0 Å². The van der Waals surface area contributed by atoms with Gasteiger partial charge >= 0.3 is 5.97 Å². The third kappa shape index (κ3) is 4.01. The van der Waals surface area contributed by atoms with Gasteiger partial charge in [0, 0.05) is 11.1 Å². The predicted molar refractivity (Wildman–Crippen MR) is 108 cm³/mol. The maximum atomic E-state index is 12.4. The Morgan fingerprint density at radius 1 is 0.793 bits per heavy atom. The number of benzene rings is 3. The van der Waals surface area contributed by atoms with Crippen molar-refractivity contribution in [2.75, 3.05) is 7.11 Å². The Balaban J connectivity index is 1.51. The van der Waals surface area contributed by atoms with Crippen LogP contribution < -0.4 is 9.47 Å². The van der Waals surface area contributed by atoms with Gasteiger partial charge in [-0.05, 0) is 55.5 Å². The number of rotatable bonds is 5. The quantitative estimate of drug-likeness (QED) is 0.357. The first-order chi connectivity index (χ1) is 14.1. The van der Waals surface area contributed by atoms with E-state index in [2.05, 4.69) is 10.2 Å². The van der Waals surface area contributed by atoms with Gasteiger partial charge in [0.25, 0.3) is 0 Å². The van der Waals surface area contributed by atoms with Crippen LogP contribution in [-0.4, -0.2) is 23.3 Å². The van der Waals surface area contributed by atoms with Crippen LogP contribution >= 0.6 is 0 Å². The molecule has 1 heterocycles. The molecule has 0 saturated carbocycles. The number of esters is 1. The molecular weight excluding hydrogens is 368 g/mol. The summed E-state index contributed by atoms with van der Waals surface area (Å²) in [4.78, 5) is 12.4. The van der Waals surface area contributed by atoms with Gasteiger partial charge in [-0.25, -0.2) is 4.79 Å². The van der Waals surface area contributed by atoms with Gasteiger partial charge in [-0.3, -0.25) is 0 Å². The van der Waals surface area contributed by atoms with E-state index in [1.165, 1.54) is 7.11 Å². The van der Waals surface area contributed by atoms with Crippen molar-refractivity contribution in [2.45, 2.75) is 6.92 Å². The number of nitrogens with zero attached hydrogens (tertiary/aromatic N) is 2. The third-order valence-corrected chi connectivity index (χ3v) is 4.36. The Kier molecular flexibility index (Phi) is 5.07. The van der Waals surface area contributed by atoms with E-state index in [1.54, 1.807) is 48.5 Å². The summed E-state index contributed by atoms with van der Waals surface area (Å²) < 4.78 is 16.4. The van der Waals surface area contributed by atoms with Crippen molar-refractivity contribution in [1.29, 1.82) is 0 Å². The summed E-state index contributed by atoms with van der Waals surface area (Å²) in [5, 5.41) is 8.20. The molecule has 0 atom stereocenters. The number of carbonyl (C=O) groups is 1. The molecule has 6 heteroatoms. The fraction of sp³-hybridized carbons (Fsp3) is 0.0870. The maximum Gasteiger partial charge on any atom is 0.343 e. The first-order valence-electron chi connectivity index (χ1n) is 9.00. The molecular formula is C23H18N2O4. The highest BCUT2D eigenvalue weighted by Gasteiger charge is 2.14. The summed E-state index contributed by atoms with van der Waals surface area (Å²) in [6.45, 7) is 2.02. The Morgan fingerprint density at radius 2 is 1.34 bits per heavy atom. The Morgan fingerprint density at radius 3 is 1.93 bits per heavy atom. The van der Waals surface area contributed by atoms with Gasteiger partial charge in [0.15, 0.2) is 11.5 Å². The average molecular weight is 386 g/mol. The number of hydrogen-bond acceptors (Lipinski definition) is 6. The van der Waals surface area contributed by atoms with Crippen molar-refractivity contribution in [3.05, 3.63) is 83.9 Å². The van der Waals surface area contributed by atoms with Crippen molar-refractivity contribution in [3.8, 4) is 34.4 Å². The highest BCUT2D eigenvalue weighted by Crippen LogP contribution is 2.28. The number of methoxy groups -OCH3 is 1. The van der Waals surface area contributed by atoms with Crippen molar-refractivity contribution < 1.29 is 18.7 Å². The van der Waals surface area contributed by atoms with Crippen LogP contribution in [0.4, 0.5) is 0 Å². The van der Waals surface area contributed by atoms with E-state index in [1.807, 2.05) is 31.2 Å². The van der Waals surface area contributed by atoms with Crippen LogP contribution in [-0.2, 0) is 0 Å². The molecule has 0 aliphatic carbocycles. The van der Waals surface area contributed by atoms with Crippen molar-refractivity contribution in [3.63, 3.8) is 0 Å². The zero-order valence-corrected chi connectivity index (χ0v) is 16.0. The van der Waals surface area contributed by atoms with Crippen LogP contribution in [0.1, 0.15) is 15.9 Å². The number of para-hydroxylation sites is 2. The summed E-state index contributed by atoms with van der Waals surface area (Å²) in [5.41, 5.74) is 3.12. The molecule has 0 aliphatic heterocycles. The van der Waals surface area contributed by atoms with E-state index >= 15 is 0 Å². The molecule has 3 aromatic carbocycles. The van der Waals surface area contributed by atoms with E-state index < -0.39 is 5.97 Å². The molecule has 4 aromatic rings. The monoisotopic (exact) mass is 386 g/mol. The Hall–Kier alpha value is -3.93. The van der Waals surface area contributed by atoms with Gasteiger partial charge in [-0.2, -0.15) is 0 Å². The van der Waals surface area contributed by atoms with Crippen LogP contribution in [0, 0.1) is 6.92 Å². The molecule has 144 valence electrons. The topological polar surface area (TPSA) is 74.5 Å². The largest absolute Gasteiger partial charge is 0.493 e. The second kappa shape index (κ2) is 7.98. The van der Waals surface area contributed by atoms with Crippen LogP contribution in [0.3, 0.4) is 0 Å². The van der Waals surface area contributed by atoms with Crippen molar-refractivity contribution in [2.24, 2.45) is 0 Å². The number of aromatic nitrogens is 2. The zero-order valence-electron chi connectivity index (χ0n) is 16.0. The lowest BCUT2D eigenvalue weighted by molar-refractivity contribution is 0.0729. The molecule has 0 amide bonds. The standard InChI is InChI=1S/C23H18N2O4/c1-15-7-9-16(10-8-15)21-24-25-22(29-21)17-11-13-18(14-12-17)23(26)28-20-6-4-3-5-19(20)27-2/h3-14H,1-2H3. The van der Waals surface area contributed by atoms with E-state index in [9.17, 15) is 4.79 Å². The maximum absolute atomic E-state index is 12.4. The van der Waals surface area contributed by atoms with Crippen LogP contribution in [0.15, 0.2) is 77.2 Å². The number of carbonyl (C=O) groups excluding carboxylic acids is 1. The summed E-state index contributed by atoms with van der Waals surface area (Å²) in [6.07, 6.45) is 0. The minimum absolute atomic E-state index is 0.365. The Bertz CT molecular complexity index is 1130. The molecule has 29 heavy (non-hydrogen) atoms. The van der Waals surface area contributed by atoms with Gasteiger partial charge in [-0.15, -0.1) is 10.2 Å². The van der Waals surface area contributed by atoms with Gasteiger partial charge in [0.2, 0.25) is 11.8 Å². The first-order valence-corrected chi connectivity index (χ1v) is 9.00. The molecule has 1 aromatic heterocycles. The molecule has 0 bridgehead atoms. The van der Waals surface area contributed by atoms with E-state index in [0.717, 1.165) is 11.1 Å². The smallest absolute Gasteiger partial charge is 0.343 e. The van der Waals surface area contributed by atoms with Crippen molar-refractivity contribution in [1.82, 2.24) is 10.2 Å². The number of aryl methyl sites for hydroxylation is 1. The fourth-order valence-corrected chi connectivity index (χ4v) is 2.76. The Labute approximate surface area is 167 Å². The van der Waals surface area contributed by atoms with Gasteiger partial charge in [-0.1, -0.05) is 29.8 Å². The number of ether oxygens (including phenoxy) is 2. The lowest BCUT2D eigenvalue weighted by Gasteiger charge is -2.08. The molecule has 0 fully saturated rings. The van der Waals surface area contributed by atoms with Crippen LogP contribution in [0.25, 0.3) is 22.9 Å². The van der Waals surface area contributed by atoms with Gasteiger partial charge < -0.3 is 13.9 Å². The molecule has 4 rings (SSSR count). The SMILES string of the molecule is COc1ccccc1OC(=O)c1ccc(-c2nnc(-c3ccc(C)cc3)o2)cc1. The van der Waals surface area contributed by atoms with Gasteiger partial charge in [0.05, 0.1) is 12.7 Å². The van der Waals surface area contributed by atoms with Crippen LogP contribution in [0.2, 0.25) is 0 Å². The second-order valence-electron chi connectivity index (χ2n) is 6.40. The van der Waals surface area contributed by atoms with E-state index in [0.29, 0.717) is 34.4 Å². The minimum Gasteiger partial charge on any atom is -0.493 e. The third-order valence-electron chi connectivity index (χ3n) is 4.36. The first kappa shape index (κ1) is 18.4. The molecule has 0 N–H and O–H groups in total. The lowest BCUT2D eigenvalue weighted by Crippen LogP contribution is -2.09. The molecule has 0 aliphatic rings. The molecule has 0 radical (unpaired) electrons. The summed E-state index contributed by atoms with van der Waals surface area (Å²) in [7, 11) is 1.52. The summed E-state index contributed by atoms with van der Waals surface area (Å²) in [5.74, 6) is 1.20. The minimum atomic E-state index is -0.480. The normalized spacial score (nSPS) is 10.6. The molecule has 0 spiro atoms. The average Bonchev–Trinajstić information content (AvgIpc) is 3.25. The van der Waals surface area contributed by atoms with Crippen LogP contribution in [0.5, 0.6) is 11.5 Å². The van der Waals surface area contributed by atoms with E-state index in [-0.39, 0.29) is 0 Å². The van der Waals surface area contributed by atoms with Crippen molar-refractivity contribution >= 4 is 5.97 Å².